The number of nitrogens with zero attached hydrogens (tertiary/aromatic N) is 3. The van der Waals surface area contributed by atoms with Gasteiger partial charge in [-0.1, -0.05) is 0 Å². The van der Waals surface area contributed by atoms with Crippen molar-refractivity contribution in [1.29, 1.82) is 0 Å². The summed E-state index contributed by atoms with van der Waals surface area (Å²) < 4.78 is 61.3. The summed E-state index contributed by atoms with van der Waals surface area (Å²) in [6.45, 7) is 0.970. The molecule has 0 saturated heterocycles. The van der Waals surface area contributed by atoms with Crippen molar-refractivity contribution in [2.75, 3.05) is 7.05 Å². The third-order valence-electron chi connectivity index (χ3n) is 1.99. The van der Waals surface area contributed by atoms with Gasteiger partial charge in [0.2, 0.25) is 0 Å². The van der Waals surface area contributed by atoms with Gasteiger partial charge >= 0.3 is 18.0 Å². The number of alkyl halides is 5. The van der Waals surface area contributed by atoms with Gasteiger partial charge in [-0.3, -0.25) is 9.89 Å². The van der Waals surface area contributed by atoms with Gasteiger partial charge in [-0.15, -0.1) is 0 Å². The monoisotopic (exact) mass is 272 g/mol. The van der Waals surface area contributed by atoms with Crippen molar-refractivity contribution < 1.29 is 26.7 Å². The molecule has 0 fully saturated rings. The summed E-state index contributed by atoms with van der Waals surface area (Å²) in [5.74, 6) is -7.47. The van der Waals surface area contributed by atoms with Crippen LogP contribution in [0.3, 0.4) is 0 Å². The minimum Gasteiger partial charge on any atom is -0.333 e. The molecular formula is C8H9F5N4O. The van der Waals surface area contributed by atoms with Crippen LogP contribution in [0.2, 0.25) is 0 Å². The van der Waals surface area contributed by atoms with E-state index in [0.717, 1.165) is 7.05 Å². The highest BCUT2D eigenvalue weighted by molar-refractivity contribution is 5.84. The molecule has 1 aromatic rings. The Kier molecular flexibility index (Phi) is 3.58. The maximum atomic E-state index is 12.7. The third kappa shape index (κ3) is 2.74. The number of aryl methyl sites for hydroxylation is 1. The second-order valence-corrected chi connectivity index (χ2v) is 3.57. The number of halogens is 5. The van der Waals surface area contributed by atoms with E-state index in [1.807, 2.05) is 0 Å². The Labute approximate surface area is 98.0 Å². The van der Waals surface area contributed by atoms with E-state index in [1.165, 1.54) is 6.92 Å². The van der Waals surface area contributed by atoms with Crippen LogP contribution in [0.15, 0.2) is 0 Å². The fraction of sp³-hybridized carbons (Fsp3) is 0.625. The molecule has 1 heterocycles. The maximum Gasteiger partial charge on any atom is 0.463 e. The highest BCUT2D eigenvalue weighted by Crippen LogP contribution is 2.36. The number of hydrogen-bond donors (Lipinski definition) is 1. The molecule has 18 heavy (non-hydrogen) atoms. The second kappa shape index (κ2) is 4.50. The van der Waals surface area contributed by atoms with Gasteiger partial charge in [-0.05, 0) is 6.92 Å². The zero-order chi connectivity index (χ0) is 14.1. The van der Waals surface area contributed by atoms with Gasteiger partial charge in [0.1, 0.15) is 5.82 Å². The quantitative estimate of drug-likeness (QED) is 0.843. The van der Waals surface area contributed by atoms with Crippen LogP contribution in [0.4, 0.5) is 22.0 Å². The summed E-state index contributed by atoms with van der Waals surface area (Å²) in [6, 6.07) is 0. The summed E-state index contributed by atoms with van der Waals surface area (Å²) in [5.41, 5.74) is 0. The van der Waals surface area contributed by atoms with Crippen LogP contribution in [0.5, 0.6) is 0 Å². The van der Waals surface area contributed by atoms with Gasteiger partial charge < -0.3 is 4.90 Å². The highest BCUT2D eigenvalue weighted by atomic mass is 19.4. The van der Waals surface area contributed by atoms with Gasteiger partial charge in [-0.2, -0.15) is 27.1 Å². The van der Waals surface area contributed by atoms with E-state index < -0.39 is 24.6 Å². The molecule has 0 aliphatic heterocycles. The lowest BCUT2D eigenvalue weighted by atomic mass is 10.3. The molecule has 0 aliphatic rings. The van der Waals surface area contributed by atoms with Crippen molar-refractivity contribution in [3.63, 3.8) is 0 Å². The number of hydrogen-bond acceptors (Lipinski definition) is 3. The Morgan fingerprint density at radius 3 is 2.28 bits per heavy atom. The van der Waals surface area contributed by atoms with Crippen molar-refractivity contribution in [3.05, 3.63) is 11.6 Å². The van der Waals surface area contributed by atoms with Gasteiger partial charge in [0.15, 0.2) is 5.82 Å². The van der Waals surface area contributed by atoms with Crippen molar-refractivity contribution in [2.45, 2.75) is 25.6 Å². The topological polar surface area (TPSA) is 61.9 Å². The molecule has 0 aromatic carbocycles. The minimum absolute atomic E-state index is 0.0543. The Morgan fingerprint density at radius 1 is 1.33 bits per heavy atom. The minimum atomic E-state index is -5.92. The SMILES string of the molecule is Cc1nc(CN(C)C(=O)C(F)(F)C(F)(F)F)n[nH]1. The normalized spacial score (nSPS) is 12.6. The number of amides is 1. The number of aromatic amines is 1. The molecule has 0 bridgehead atoms. The molecule has 5 nitrogen and oxygen atoms in total. The van der Waals surface area contributed by atoms with E-state index in [0.29, 0.717) is 5.82 Å². The van der Waals surface area contributed by atoms with E-state index in [1.54, 1.807) is 0 Å². The second-order valence-electron chi connectivity index (χ2n) is 3.57. The Bertz CT molecular complexity index is 441. The van der Waals surface area contributed by atoms with Crippen molar-refractivity contribution in [1.82, 2.24) is 20.1 Å². The first-order valence-corrected chi connectivity index (χ1v) is 4.63. The molecule has 0 aliphatic carbocycles. The lowest BCUT2D eigenvalue weighted by Gasteiger charge is -2.23. The number of aromatic nitrogens is 3. The van der Waals surface area contributed by atoms with Crippen LogP contribution in [0, 0.1) is 6.92 Å². The maximum absolute atomic E-state index is 12.7. The van der Waals surface area contributed by atoms with E-state index >= 15 is 0 Å². The smallest absolute Gasteiger partial charge is 0.333 e. The summed E-state index contributed by atoms with van der Waals surface area (Å²) >= 11 is 0. The standard InChI is InChI=1S/C8H9F5N4O/c1-4-14-5(16-15-4)3-17(2)6(18)7(9,10)8(11,12)13/h3H2,1-2H3,(H,14,15,16). The van der Waals surface area contributed by atoms with Crippen LogP contribution in [0.1, 0.15) is 11.6 Å². The van der Waals surface area contributed by atoms with Crippen molar-refractivity contribution in [2.24, 2.45) is 0 Å². The lowest BCUT2D eigenvalue weighted by Crippen LogP contribution is -2.50. The molecule has 1 amide bonds. The van der Waals surface area contributed by atoms with E-state index in [-0.39, 0.29) is 10.7 Å². The van der Waals surface area contributed by atoms with Gasteiger partial charge in [0, 0.05) is 7.05 Å². The zero-order valence-corrected chi connectivity index (χ0v) is 9.35. The molecule has 1 N–H and O–H groups in total. The summed E-state index contributed by atoms with van der Waals surface area (Å²) in [7, 11) is 0.813. The molecule has 102 valence electrons. The van der Waals surface area contributed by atoms with Crippen molar-refractivity contribution in [3.8, 4) is 0 Å². The van der Waals surface area contributed by atoms with Gasteiger partial charge in [0.05, 0.1) is 6.54 Å². The molecule has 0 spiro atoms. The number of rotatable bonds is 3. The largest absolute Gasteiger partial charge is 0.463 e. The predicted octanol–water partition coefficient (Wildman–Crippen LogP) is 1.27. The Hall–Kier alpha value is -1.74. The summed E-state index contributed by atoms with van der Waals surface area (Å²) in [6.07, 6.45) is -5.92. The molecular weight excluding hydrogens is 263 g/mol. The number of carbonyl (C=O) groups excluding carboxylic acids is 1. The van der Waals surface area contributed by atoms with Gasteiger partial charge in [-0.25, -0.2) is 4.98 Å². The average Bonchev–Trinajstić information content (AvgIpc) is 2.61. The van der Waals surface area contributed by atoms with E-state index in [2.05, 4.69) is 15.2 Å². The van der Waals surface area contributed by atoms with Crippen LogP contribution in [-0.2, 0) is 11.3 Å². The number of carbonyl (C=O) groups is 1. The first-order valence-electron chi connectivity index (χ1n) is 4.63. The van der Waals surface area contributed by atoms with Crippen LogP contribution < -0.4 is 0 Å². The first-order chi connectivity index (χ1) is 8.05. The van der Waals surface area contributed by atoms with E-state index in [4.69, 9.17) is 0 Å². The Balaban J connectivity index is 2.79. The predicted molar refractivity (Wildman–Crippen MR) is 48.6 cm³/mol. The average molecular weight is 272 g/mol. The van der Waals surface area contributed by atoms with Gasteiger partial charge in [0.25, 0.3) is 0 Å². The fourth-order valence-corrected chi connectivity index (χ4v) is 1.10. The Morgan fingerprint density at radius 2 is 1.89 bits per heavy atom. The van der Waals surface area contributed by atoms with E-state index in [9.17, 15) is 26.7 Å². The fourth-order valence-electron chi connectivity index (χ4n) is 1.10. The highest BCUT2D eigenvalue weighted by Gasteiger charge is 2.64. The molecule has 0 radical (unpaired) electrons. The lowest BCUT2D eigenvalue weighted by molar-refractivity contribution is -0.274. The number of H-pyrrole nitrogens is 1. The van der Waals surface area contributed by atoms with Crippen LogP contribution >= 0.6 is 0 Å². The van der Waals surface area contributed by atoms with Crippen LogP contribution in [0.25, 0.3) is 0 Å². The van der Waals surface area contributed by atoms with Crippen LogP contribution in [-0.4, -0.2) is 45.1 Å². The molecule has 0 saturated carbocycles. The molecule has 0 atom stereocenters. The zero-order valence-electron chi connectivity index (χ0n) is 9.35. The molecule has 10 heteroatoms. The number of nitrogens with one attached hydrogen (secondary N) is 1. The first kappa shape index (κ1) is 14.3. The molecule has 0 unspecified atom stereocenters. The molecule has 1 rings (SSSR count). The summed E-state index contributed by atoms with van der Waals surface area (Å²) in [5, 5.41) is 5.90. The van der Waals surface area contributed by atoms with Crippen molar-refractivity contribution >= 4 is 5.91 Å². The third-order valence-corrected chi connectivity index (χ3v) is 1.99. The summed E-state index contributed by atoms with van der Waals surface area (Å²) in [4.78, 5) is 14.9. The molecule has 1 aromatic heterocycles.